The Morgan fingerprint density at radius 2 is 1.91 bits per heavy atom. The van der Waals surface area contributed by atoms with Gasteiger partial charge in [-0.05, 0) is 49.7 Å². The van der Waals surface area contributed by atoms with Crippen molar-refractivity contribution < 1.29 is 22.4 Å². The van der Waals surface area contributed by atoms with Gasteiger partial charge in [0, 0.05) is 19.1 Å². The molecule has 1 aromatic heterocycles. The van der Waals surface area contributed by atoms with Gasteiger partial charge < -0.3 is 14.5 Å². The van der Waals surface area contributed by atoms with Gasteiger partial charge in [-0.25, -0.2) is 4.98 Å². The van der Waals surface area contributed by atoms with Crippen LogP contribution in [0.15, 0.2) is 46.9 Å². The summed E-state index contributed by atoms with van der Waals surface area (Å²) in [4.78, 5) is 16.7. The molecule has 0 spiro atoms. The standard InChI is InChI=1S/C22H25ClN4O5S/c1-14-11-16(23)9-10-20(14)31-13-21(28)24-12-19-15(2)32-22(25-19)17-7-5-6-8-18(17)26-33(29,30)27(3)4/h5-11,26H,12-13H2,1-4H3,(H,24,28). The van der Waals surface area contributed by atoms with E-state index < -0.39 is 10.2 Å². The summed E-state index contributed by atoms with van der Waals surface area (Å²) < 4.78 is 39.3. The van der Waals surface area contributed by atoms with E-state index in [1.807, 2.05) is 6.92 Å². The minimum atomic E-state index is -3.71. The predicted molar refractivity (Wildman–Crippen MR) is 126 cm³/mol. The molecule has 0 aliphatic heterocycles. The lowest BCUT2D eigenvalue weighted by Crippen LogP contribution is -2.29. The van der Waals surface area contributed by atoms with E-state index in [-0.39, 0.29) is 24.9 Å². The van der Waals surface area contributed by atoms with Gasteiger partial charge in [0.25, 0.3) is 5.91 Å². The van der Waals surface area contributed by atoms with E-state index in [9.17, 15) is 13.2 Å². The maximum atomic E-state index is 12.2. The second kappa shape index (κ2) is 10.2. The molecule has 3 rings (SSSR count). The van der Waals surface area contributed by atoms with E-state index in [4.69, 9.17) is 20.8 Å². The Kier molecular flexibility index (Phi) is 7.62. The summed E-state index contributed by atoms with van der Waals surface area (Å²) in [5.74, 6) is 0.991. The number of carbonyl (C=O) groups excluding carboxylic acids is 1. The molecule has 2 N–H and O–H groups in total. The average Bonchev–Trinajstić information content (AvgIpc) is 3.12. The van der Waals surface area contributed by atoms with Gasteiger partial charge in [-0.3, -0.25) is 9.52 Å². The third-order valence-corrected chi connectivity index (χ3v) is 6.39. The highest BCUT2D eigenvalue weighted by Gasteiger charge is 2.19. The Balaban J connectivity index is 1.67. The number of ether oxygens (including phenoxy) is 1. The maximum Gasteiger partial charge on any atom is 0.301 e. The second-order valence-corrected chi connectivity index (χ2v) is 9.75. The van der Waals surface area contributed by atoms with Crippen LogP contribution in [0.2, 0.25) is 5.02 Å². The van der Waals surface area contributed by atoms with E-state index in [2.05, 4.69) is 15.0 Å². The van der Waals surface area contributed by atoms with Crippen molar-refractivity contribution in [2.24, 2.45) is 0 Å². The number of para-hydroxylation sites is 1. The maximum absolute atomic E-state index is 12.2. The zero-order valence-corrected chi connectivity index (χ0v) is 20.2. The summed E-state index contributed by atoms with van der Waals surface area (Å²) in [5, 5.41) is 3.34. The monoisotopic (exact) mass is 492 g/mol. The largest absolute Gasteiger partial charge is 0.484 e. The lowest BCUT2D eigenvalue weighted by Gasteiger charge is -2.15. The van der Waals surface area contributed by atoms with Crippen LogP contribution in [-0.4, -0.2) is 44.3 Å². The molecule has 0 atom stereocenters. The van der Waals surface area contributed by atoms with Gasteiger partial charge in [0.2, 0.25) is 5.89 Å². The van der Waals surface area contributed by atoms with Gasteiger partial charge in [-0.1, -0.05) is 23.7 Å². The summed E-state index contributed by atoms with van der Waals surface area (Å²) in [6.45, 7) is 3.53. The topological polar surface area (TPSA) is 114 Å². The van der Waals surface area contributed by atoms with Crippen LogP contribution in [0.25, 0.3) is 11.5 Å². The first-order chi connectivity index (χ1) is 15.6. The van der Waals surface area contributed by atoms with Crippen LogP contribution in [-0.2, 0) is 21.5 Å². The van der Waals surface area contributed by atoms with Crippen molar-refractivity contribution in [3.05, 3.63) is 64.5 Å². The van der Waals surface area contributed by atoms with Crippen LogP contribution >= 0.6 is 11.6 Å². The Morgan fingerprint density at radius 3 is 2.61 bits per heavy atom. The molecule has 0 fully saturated rings. The highest BCUT2D eigenvalue weighted by molar-refractivity contribution is 7.90. The van der Waals surface area contributed by atoms with Crippen LogP contribution < -0.4 is 14.8 Å². The van der Waals surface area contributed by atoms with Crippen molar-refractivity contribution in [1.29, 1.82) is 0 Å². The van der Waals surface area contributed by atoms with E-state index in [0.29, 0.717) is 33.5 Å². The van der Waals surface area contributed by atoms with Gasteiger partial charge in [0.15, 0.2) is 6.61 Å². The molecule has 2 aromatic carbocycles. The van der Waals surface area contributed by atoms with E-state index in [0.717, 1.165) is 9.87 Å². The van der Waals surface area contributed by atoms with E-state index >= 15 is 0 Å². The van der Waals surface area contributed by atoms with Crippen molar-refractivity contribution in [1.82, 2.24) is 14.6 Å². The number of nitrogens with one attached hydrogen (secondary N) is 2. The van der Waals surface area contributed by atoms with Gasteiger partial charge in [-0.2, -0.15) is 12.7 Å². The number of hydrogen-bond acceptors (Lipinski definition) is 6. The van der Waals surface area contributed by atoms with E-state index in [1.54, 1.807) is 49.4 Å². The molecule has 0 bridgehead atoms. The van der Waals surface area contributed by atoms with Gasteiger partial charge in [-0.15, -0.1) is 0 Å². The van der Waals surface area contributed by atoms with Crippen molar-refractivity contribution in [3.8, 4) is 17.2 Å². The molecule has 0 radical (unpaired) electrons. The van der Waals surface area contributed by atoms with Crippen molar-refractivity contribution in [3.63, 3.8) is 0 Å². The summed E-state index contributed by atoms with van der Waals surface area (Å²) >= 11 is 5.93. The predicted octanol–water partition coefficient (Wildman–Crippen LogP) is 3.53. The highest BCUT2D eigenvalue weighted by Crippen LogP contribution is 2.29. The molecule has 0 saturated heterocycles. The lowest BCUT2D eigenvalue weighted by molar-refractivity contribution is -0.123. The van der Waals surface area contributed by atoms with Crippen LogP contribution in [0.4, 0.5) is 5.69 Å². The average molecular weight is 493 g/mol. The number of rotatable bonds is 9. The Labute approximate surface area is 197 Å². The van der Waals surface area contributed by atoms with Crippen molar-refractivity contribution in [2.75, 3.05) is 25.4 Å². The third-order valence-electron chi connectivity index (χ3n) is 4.72. The molecule has 0 aliphatic carbocycles. The molecule has 9 nitrogen and oxygen atoms in total. The SMILES string of the molecule is Cc1cc(Cl)ccc1OCC(=O)NCc1nc(-c2ccccc2NS(=O)(=O)N(C)C)oc1C. The molecule has 33 heavy (non-hydrogen) atoms. The Hall–Kier alpha value is -3.08. The number of aromatic nitrogens is 1. The number of aryl methyl sites for hydroxylation is 2. The first-order valence-corrected chi connectivity index (χ1v) is 11.8. The number of nitrogens with zero attached hydrogens (tertiary/aromatic N) is 2. The smallest absolute Gasteiger partial charge is 0.301 e. The summed E-state index contributed by atoms with van der Waals surface area (Å²) in [5.41, 5.74) is 2.15. The Morgan fingerprint density at radius 1 is 1.18 bits per heavy atom. The normalized spacial score (nSPS) is 11.5. The van der Waals surface area contributed by atoms with Gasteiger partial charge in [0.1, 0.15) is 17.2 Å². The quantitative estimate of drug-likeness (QED) is 0.472. The number of carbonyl (C=O) groups is 1. The zero-order valence-electron chi connectivity index (χ0n) is 18.7. The number of oxazole rings is 1. The number of benzene rings is 2. The number of anilines is 1. The fourth-order valence-electron chi connectivity index (χ4n) is 2.85. The van der Waals surface area contributed by atoms with Crippen LogP contribution in [0.1, 0.15) is 17.0 Å². The molecule has 3 aromatic rings. The summed E-state index contributed by atoms with van der Waals surface area (Å²) in [6.07, 6.45) is 0. The van der Waals surface area contributed by atoms with Crippen LogP contribution in [0.3, 0.4) is 0 Å². The van der Waals surface area contributed by atoms with Crippen molar-refractivity contribution >= 4 is 33.4 Å². The summed E-state index contributed by atoms with van der Waals surface area (Å²) in [6, 6.07) is 11.9. The van der Waals surface area contributed by atoms with Crippen LogP contribution in [0, 0.1) is 13.8 Å². The third kappa shape index (κ3) is 6.25. The molecular formula is C22H25ClN4O5S. The number of hydrogen-bond donors (Lipinski definition) is 2. The first kappa shape index (κ1) is 24.6. The van der Waals surface area contributed by atoms with Crippen molar-refractivity contribution in [2.45, 2.75) is 20.4 Å². The molecule has 0 saturated carbocycles. The van der Waals surface area contributed by atoms with E-state index in [1.165, 1.54) is 14.1 Å². The molecular weight excluding hydrogens is 468 g/mol. The zero-order chi connectivity index (χ0) is 24.2. The number of amides is 1. The fraction of sp³-hybridized carbons (Fsp3) is 0.273. The molecule has 0 unspecified atom stereocenters. The minimum Gasteiger partial charge on any atom is -0.484 e. The van der Waals surface area contributed by atoms with Crippen LogP contribution in [0.5, 0.6) is 5.75 Å². The fourth-order valence-corrected chi connectivity index (χ4v) is 3.71. The number of halogens is 1. The van der Waals surface area contributed by atoms with Gasteiger partial charge in [0.05, 0.1) is 17.8 Å². The molecule has 11 heteroatoms. The molecule has 1 amide bonds. The highest BCUT2D eigenvalue weighted by atomic mass is 35.5. The van der Waals surface area contributed by atoms with Gasteiger partial charge >= 0.3 is 10.2 Å². The lowest BCUT2D eigenvalue weighted by atomic mass is 10.2. The molecule has 0 aliphatic rings. The molecule has 1 heterocycles. The first-order valence-electron chi connectivity index (χ1n) is 9.98. The Bertz CT molecular complexity index is 1260. The molecule has 176 valence electrons. The summed E-state index contributed by atoms with van der Waals surface area (Å²) in [7, 11) is -0.847. The minimum absolute atomic E-state index is 0.128. The second-order valence-electron chi connectivity index (χ2n) is 7.43.